The fraction of sp³-hybridized carbons (Fsp3) is 0.643. The highest BCUT2D eigenvalue weighted by Gasteiger charge is 2.34. The van der Waals surface area contributed by atoms with E-state index < -0.39 is 0 Å². The van der Waals surface area contributed by atoms with Crippen molar-refractivity contribution in [2.75, 3.05) is 14.2 Å². The van der Waals surface area contributed by atoms with Crippen molar-refractivity contribution in [3.8, 4) is 0 Å². The topological polar surface area (TPSA) is 34.1 Å². The summed E-state index contributed by atoms with van der Waals surface area (Å²) in [5.41, 5.74) is 0.963. The number of methoxy groups -OCH3 is 1. The minimum atomic E-state index is -0.122. The lowest BCUT2D eigenvalue weighted by atomic mass is 9.85. The third kappa shape index (κ3) is 3.53. The lowest BCUT2D eigenvalue weighted by Gasteiger charge is -2.38. The lowest BCUT2D eigenvalue weighted by molar-refractivity contribution is -0.0456. The zero-order valence-electron chi connectivity index (χ0n) is 11.7. The van der Waals surface area contributed by atoms with Gasteiger partial charge in [0.15, 0.2) is 0 Å². The van der Waals surface area contributed by atoms with Gasteiger partial charge in [-0.2, -0.15) is 0 Å². The third-order valence-electron chi connectivity index (χ3n) is 3.79. The number of hydrogen-bond donors (Lipinski definition) is 1. The fourth-order valence-corrected chi connectivity index (χ4v) is 2.70. The highest BCUT2D eigenvalue weighted by Crippen LogP contribution is 2.26. The van der Waals surface area contributed by atoms with Crippen molar-refractivity contribution in [2.24, 2.45) is 0 Å². The number of halogens is 1. The van der Waals surface area contributed by atoms with Crippen LogP contribution in [-0.2, 0) is 11.2 Å². The van der Waals surface area contributed by atoms with Gasteiger partial charge in [0, 0.05) is 35.9 Å². The molecule has 0 saturated heterocycles. The van der Waals surface area contributed by atoms with Crippen LogP contribution in [0.25, 0.3) is 0 Å². The molecular formula is C14H23BrN2O. The van der Waals surface area contributed by atoms with Gasteiger partial charge in [-0.3, -0.25) is 4.98 Å². The molecule has 1 N–H and O–H groups in total. The Morgan fingerprint density at radius 3 is 2.44 bits per heavy atom. The van der Waals surface area contributed by atoms with E-state index in [0.717, 1.165) is 29.4 Å². The molecule has 4 heteroatoms. The van der Waals surface area contributed by atoms with E-state index in [4.69, 9.17) is 4.74 Å². The SMILES string of the molecule is CCC(CC)(OC)C(Cc1ccc(Br)cn1)NC. The summed E-state index contributed by atoms with van der Waals surface area (Å²) in [7, 11) is 3.79. The first-order chi connectivity index (χ1) is 8.61. The number of nitrogens with zero attached hydrogens (tertiary/aromatic N) is 1. The van der Waals surface area contributed by atoms with E-state index in [1.807, 2.05) is 19.3 Å². The average Bonchev–Trinajstić information content (AvgIpc) is 2.42. The van der Waals surface area contributed by atoms with Crippen molar-refractivity contribution in [1.29, 1.82) is 0 Å². The van der Waals surface area contributed by atoms with Crippen molar-refractivity contribution in [3.63, 3.8) is 0 Å². The number of nitrogens with one attached hydrogen (secondary N) is 1. The van der Waals surface area contributed by atoms with E-state index in [9.17, 15) is 0 Å². The van der Waals surface area contributed by atoms with Crippen LogP contribution in [-0.4, -0.2) is 30.8 Å². The summed E-state index contributed by atoms with van der Waals surface area (Å²) in [5.74, 6) is 0. The van der Waals surface area contributed by atoms with Gasteiger partial charge in [-0.15, -0.1) is 0 Å². The van der Waals surface area contributed by atoms with Gasteiger partial charge in [-0.05, 0) is 48.0 Å². The van der Waals surface area contributed by atoms with Gasteiger partial charge >= 0.3 is 0 Å². The first kappa shape index (κ1) is 15.6. The molecule has 0 aliphatic carbocycles. The Hall–Kier alpha value is -0.450. The molecule has 1 aromatic rings. The van der Waals surface area contributed by atoms with E-state index in [2.05, 4.69) is 46.1 Å². The van der Waals surface area contributed by atoms with Crippen LogP contribution in [0.4, 0.5) is 0 Å². The maximum Gasteiger partial charge on any atom is 0.0829 e. The quantitative estimate of drug-likeness (QED) is 0.839. The Bertz CT molecular complexity index is 341. The van der Waals surface area contributed by atoms with Crippen molar-refractivity contribution in [3.05, 3.63) is 28.5 Å². The van der Waals surface area contributed by atoms with Crippen molar-refractivity contribution >= 4 is 15.9 Å². The standard InChI is InChI=1S/C14H23BrN2O/c1-5-14(6-2,18-4)13(16-3)9-12-8-7-11(15)10-17-12/h7-8,10,13,16H,5-6,9H2,1-4H3. The van der Waals surface area contributed by atoms with Crippen LogP contribution in [0, 0.1) is 0 Å². The molecule has 1 rings (SSSR count). The van der Waals surface area contributed by atoms with Gasteiger partial charge in [-0.25, -0.2) is 0 Å². The number of aromatic nitrogens is 1. The zero-order chi connectivity index (χ0) is 13.6. The Morgan fingerprint density at radius 2 is 2.06 bits per heavy atom. The highest BCUT2D eigenvalue weighted by atomic mass is 79.9. The van der Waals surface area contributed by atoms with E-state index in [1.54, 1.807) is 7.11 Å². The molecule has 102 valence electrons. The predicted molar refractivity (Wildman–Crippen MR) is 78.8 cm³/mol. The lowest BCUT2D eigenvalue weighted by Crippen LogP contribution is -2.51. The fourth-order valence-electron chi connectivity index (χ4n) is 2.46. The monoisotopic (exact) mass is 314 g/mol. The molecule has 3 nitrogen and oxygen atoms in total. The summed E-state index contributed by atoms with van der Waals surface area (Å²) >= 11 is 3.41. The van der Waals surface area contributed by atoms with Crippen LogP contribution < -0.4 is 5.32 Å². The minimum absolute atomic E-state index is 0.122. The summed E-state index contributed by atoms with van der Waals surface area (Å²) in [5, 5.41) is 3.38. The number of hydrogen-bond acceptors (Lipinski definition) is 3. The van der Waals surface area contributed by atoms with Gasteiger partial charge in [0.05, 0.1) is 5.60 Å². The summed E-state index contributed by atoms with van der Waals surface area (Å²) < 4.78 is 6.80. The molecule has 0 aliphatic heterocycles. The van der Waals surface area contributed by atoms with E-state index >= 15 is 0 Å². The Kier molecular flexibility index (Phi) is 6.26. The van der Waals surface area contributed by atoms with Crippen LogP contribution in [0.2, 0.25) is 0 Å². The van der Waals surface area contributed by atoms with Crippen molar-refractivity contribution in [2.45, 2.75) is 44.8 Å². The molecule has 1 aromatic heterocycles. The van der Waals surface area contributed by atoms with E-state index in [1.165, 1.54) is 0 Å². The Balaban J connectivity index is 2.86. The molecule has 0 radical (unpaired) electrons. The maximum absolute atomic E-state index is 5.79. The van der Waals surface area contributed by atoms with Crippen molar-refractivity contribution < 1.29 is 4.74 Å². The van der Waals surface area contributed by atoms with E-state index in [-0.39, 0.29) is 11.6 Å². The maximum atomic E-state index is 5.79. The molecule has 1 unspecified atom stereocenters. The van der Waals surface area contributed by atoms with Crippen molar-refractivity contribution in [1.82, 2.24) is 10.3 Å². The van der Waals surface area contributed by atoms with Gasteiger partial charge < -0.3 is 10.1 Å². The summed E-state index contributed by atoms with van der Waals surface area (Å²) in [4.78, 5) is 4.44. The molecule has 0 aromatic carbocycles. The van der Waals surface area contributed by atoms with Gasteiger partial charge in [0.1, 0.15) is 0 Å². The van der Waals surface area contributed by atoms with Crippen LogP contribution in [0.5, 0.6) is 0 Å². The Labute approximate surface area is 118 Å². The Morgan fingerprint density at radius 1 is 1.39 bits per heavy atom. The summed E-state index contributed by atoms with van der Waals surface area (Å²) in [6, 6.07) is 4.35. The highest BCUT2D eigenvalue weighted by molar-refractivity contribution is 9.10. The normalized spacial score (nSPS) is 13.6. The molecule has 0 saturated carbocycles. The first-order valence-corrected chi connectivity index (χ1v) is 7.24. The number of ether oxygens (including phenoxy) is 1. The molecule has 0 fully saturated rings. The molecule has 1 atom stereocenters. The predicted octanol–water partition coefficient (Wildman–Crippen LogP) is 3.18. The smallest absolute Gasteiger partial charge is 0.0829 e. The second-order valence-corrected chi connectivity index (χ2v) is 5.40. The molecule has 0 spiro atoms. The largest absolute Gasteiger partial charge is 0.377 e. The minimum Gasteiger partial charge on any atom is -0.377 e. The number of rotatable bonds is 7. The molecule has 0 aliphatic rings. The molecule has 0 bridgehead atoms. The van der Waals surface area contributed by atoms with Gasteiger partial charge in [0.25, 0.3) is 0 Å². The van der Waals surface area contributed by atoms with E-state index in [0.29, 0.717) is 0 Å². The van der Waals surface area contributed by atoms with Gasteiger partial charge in [0.2, 0.25) is 0 Å². The van der Waals surface area contributed by atoms with Crippen LogP contribution in [0.3, 0.4) is 0 Å². The summed E-state index contributed by atoms with van der Waals surface area (Å²) in [6.45, 7) is 4.35. The van der Waals surface area contributed by atoms with Crippen LogP contribution in [0.1, 0.15) is 32.4 Å². The number of likely N-dealkylation sites (N-methyl/N-ethyl adjacent to an activating group) is 1. The first-order valence-electron chi connectivity index (χ1n) is 6.44. The second-order valence-electron chi connectivity index (χ2n) is 4.49. The van der Waals surface area contributed by atoms with Gasteiger partial charge in [-0.1, -0.05) is 13.8 Å². The number of pyridine rings is 1. The molecule has 1 heterocycles. The van der Waals surface area contributed by atoms with Crippen LogP contribution >= 0.6 is 15.9 Å². The molecule has 18 heavy (non-hydrogen) atoms. The molecule has 0 amide bonds. The molecular weight excluding hydrogens is 292 g/mol. The second kappa shape index (κ2) is 7.22. The van der Waals surface area contributed by atoms with Crippen LogP contribution in [0.15, 0.2) is 22.8 Å². The third-order valence-corrected chi connectivity index (χ3v) is 4.26. The zero-order valence-corrected chi connectivity index (χ0v) is 13.3. The summed E-state index contributed by atoms with van der Waals surface area (Å²) in [6.07, 6.45) is 4.69. The average molecular weight is 315 g/mol.